The van der Waals surface area contributed by atoms with E-state index in [0.29, 0.717) is 28.0 Å². The fraction of sp³-hybridized carbons (Fsp3) is 0.0417. The van der Waals surface area contributed by atoms with Crippen LogP contribution in [0.2, 0.25) is 0 Å². The molecular formula is C24H16N4OS. The topological polar surface area (TPSA) is 85.5 Å². The lowest BCUT2D eigenvalue weighted by molar-refractivity contribution is 0.306. The molecule has 0 saturated carbocycles. The van der Waals surface area contributed by atoms with Crippen molar-refractivity contribution in [3.63, 3.8) is 0 Å². The molecule has 0 saturated heterocycles. The molecule has 0 fully saturated rings. The first-order chi connectivity index (χ1) is 14.7. The number of ether oxygens (including phenoxy) is 1. The summed E-state index contributed by atoms with van der Waals surface area (Å²) in [4.78, 5) is 8.24. The van der Waals surface area contributed by atoms with Crippen LogP contribution in [0.4, 0.5) is 0 Å². The minimum absolute atomic E-state index is 0.324. The minimum Gasteiger partial charge on any atom is -0.489 e. The van der Waals surface area contributed by atoms with Crippen molar-refractivity contribution < 1.29 is 4.74 Å². The first kappa shape index (κ1) is 19.3. The Morgan fingerprint density at radius 2 is 1.77 bits per heavy atom. The number of hydrogen-bond acceptors (Lipinski definition) is 5. The molecule has 0 spiro atoms. The van der Waals surface area contributed by atoms with Crippen LogP contribution in [0.3, 0.4) is 0 Å². The van der Waals surface area contributed by atoms with Crippen LogP contribution in [0.15, 0.2) is 82.9 Å². The maximum absolute atomic E-state index is 9.51. The van der Waals surface area contributed by atoms with Crippen LogP contribution in [-0.4, -0.2) is 9.97 Å². The van der Waals surface area contributed by atoms with E-state index in [0.717, 1.165) is 22.2 Å². The second-order valence-electron chi connectivity index (χ2n) is 6.41. The van der Waals surface area contributed by atoms with Gasteiger partial charge in [-0.2, -0.15) is 10.5 Å². The van der Waals surface area contributed by atoms with Crippen molar-refractivity contribution in [3.05, 3.63) is 94.4 Å². The number of fused-ring (bicyclic) bond motifs is 1. The zero-order chi connectivity index (χ0) is 20.8. The van der Waals surface area contributed by atoms with Gasteiger partial charge in [0.15, 0.2) is 5.16 Å². The second kappa shape index (κ2) is 9.00. The third-order valence-corrected chi connectivity index (χ3v) is 5.21. The average Bonchev–Trinajstić information content (AvgIpc) is 3.20. The molecule has 0 atom stereocenters. The van der Waals surface area contributed by atoms with Gasteiger partial charge in [-0.05, 0) is 53.7 Å². The highest BCUT2D eigenvalue weighted by atomic mass is 32.2. The van der Waals surface area contributed by atoms with Gasteiger partial charge in [-0.15, -0.1) is 0 Å². The number of benzene rings is 3. The smallest absolute Gasteiger partial charge is 0.171 e. The van der Waals surface area contributed by atoms with Gasteiger partial charge in [0.05, 0.1) is 27.6 Å². The van der Waals surface area contributed by atoms with Gasteiger partial charge in [0.2, 0.25) is 0 Å². The summed E-state index contributed by atoms with van der Waals surface area (Å²) in [5.74, 6) is 0.698. The summed E-state index contributed by atoms with van der Waals surface area (Å²) in [5, 5.41) is 19.3. The zero-order valence-corrected chi connectivity index (χ0v) is 16.7. The number of rotatable bonds is 6. The van der Waals surface area contributed by atoms with Crippen molar-refractivity contribution in [2.75, 3.05) is 0 Å². The second-order valence-corrected chi connectivity index (χ2v) is 7.44. The number of imidazole rings is 1. The van der Waals surface area contributed by atoms with E-state index in [1.807, 2.05) is 72.8 Å². The van der Waals surface area contributed by atoms with Crippen LogP contribution < -0.4 is 4.74 Å². The first-order valence-corrected chi connectivity index (χ1v) is 10.0. The van der Waals surface area contributed by atoms with Gasteiger partial charge < -0.3 is 9.72 Å². The van der Waals surface area contributed by atoms with Crippen LogP contribution in [0.25, 0.3) is 17.1 Å². The van der Waals surface area contributed by atoms with Gasteiger partial charge in [0.1, 0.15) is 18.4 Å². The third-order valence-electron chi connectivity index (χ3n) is 4.39. The Labute approximate surface area is 178 Å². The van der Waals surface area contributed by atoms with Gasteiger partial charge in [0, 0.05) is 5.56 Å². The van der Waals surface area contributed by atoms with Crippen LogP contribution in [0, 0.1) is 22.7 Å². The van der Waals surface area contributed by atoms with E-state index >= 15 is 0 Å². The maximum atomic E-state index is 9.51. The Hall–Kier alpha value is -4.00. The van der Waals surface area contributed by atoms with Gasteiger partial charge in [-0.25, -0.2) is 4.98 Å². The maximum Gasteiger partial charge on any atom is 0.171 e. The fourth-order valence-corrected chi connectivity index (χ4v) is 3.65. The highest BCUT2D eigenvalue weighted by Crippen LogP contribution is 2.28. The normalized spacial score (nSPS) is 11.1. The number of aromatic nitrogens is 2. The molecule has 1 heterocycles. The van der Waals surface area contributed by atoms with Crippen molar-refractivity contribution >= 4 is 28.9 Å². The number of nitrogens with one attached hydrogen (secondary N) is 1. The lowest BCUT2D eigenvalue weighted by atomic mass is 10.1. The quantitative estimate of drug-likeness (QED) is 0.328. The summed E-state index contributed by atoms with van der Waals surface area (Å²) < 4.78 is 5.79. The Morgan fingerprint density at radius 3 is 2.53 bits per heavy atom. The Bertz CT molecular complexity index is 1260. The standard InChI is InChI=1S/C24H16N4OS/c25-14-18-5-1-2-6-19(18)16-29-20-11-9-17(10-12-20)13-21(15-26)30-24-27-22-7-3-4-8-23(22)28-24/h1-13H,16H2,(H,27,28)/b21-13+. The number of thioether (sulfide) groups is 1. The molecule has 0 radical (unpaired) electrons. The molecule has 5 nitrogen and oxygen atoms in total. The van der Waals surface area contributed by atoms with Gasteiger partial charge >= 0.3 is 0 Å². The van der Waals surface area contributed by atoms with Crippen molar-refractivity contribution in [2.45, 2.75) is 11.8 Å². The van der Waals surface area contributed by atoms with Gasteiger partial charge in [0.25, 0.3) is 0 Å². The lowest BCUT2D eigenvalue weighted by Crippen LogP contribution is -1.97. The predicted molar refractivity (Wildman–Crippen MR) is 117 cm³/mol. The minimum atomic E-state index is 0.324. The van der Waals surface area contributed by atoms with E-state index in [-0.39, 0.29) is 0 Å². The molecule has 3 aromatic carbocycles. The molecule has 0 aliphatic rings. The molecule has 0 amide bonds. The molecule has 0 aliphatic carbocycles. The van der Waals surface area contributed by atoms with Gasteiger partial charge in [-0.3, -0.25) is 0 Å². The number of nitriles is 2. The fourth-order valence-electron chi connectivity index (χ4n) is 2.89. The van der Waals surface area contributed by atoms with E-state index in [2.05, 4.69) is 22.1 Å². The molecule has 0 aliphatic heterocycles. The van der Waals surface area contributed by atoms with E-state index in [1.165, 1.54) is 11.8 Å². The number of allylic oxidation sites excluding steroid dienone is 1. The molecule has 144 valence electrons. The highest BCUT2D eigenvalue weighted by Gasteiger charge is 2.07. The summed E-state index contributed by atoms with van der Waals surface area (Å²) in [5.41, 5.74) is 4.16. The Morgan fingerprint density at radius 1 is 1.00 bits per heavy atom. The van der Waals surface area contributed by atoms with Crippen molar-refractivity contribution in [3.8, 4) is 17.9 Å². The number of nitrogens with zero attached hydrogens (tertiary/aromatic N) is 3. The van der Waals surface area contributed by atoms with Crippen LogP contribution >= 0.6 is 11.8 Å². The summed E-state index contributed by atoms with van der Waals surface area (Å²) in [6, 6.07) is 27.0. The van der Waals surface area contributed by atoms with Crippen LogP contribution in [-0.2, 0) is 6.61 Å². The Balaban J connectivity index is 1.44. The van der Waals surface area contributed by atoms with Crippen molar-refractivity contribution in [2.24, 2.45) is 0 Å². The molecular weight excluding hydrogens is 392 g/mol. The zero-order valence-electron chi connectivity index (χ0n) is 15.9. The molecule has 4 aromatic rings. The number of hydrogen-bond donors (Lipinski definition) is 1. The summed E-state index contributed by atoms with van der Waals surface area (Å²) >= 11 is 1.30. The van der Waals surface area contributed by atoms with E-state index in [4.69, 9.17) is 10.00 Å². The predicted octanol–water partition coefficient (Wildman–Crippen LogP) is 5.67. The lowest BCUT2D eigenvalue weighted by Gasteiger charge is -2.08. The summed E-state index contributed by atoms with van der Waals surface area (Å²) in [6.45, 7) is 0.324. The molecule has 1 aromatic heterocycles. The molecule has 4 rings (SSSR count). The molecule has 1 N–H and O–H groups in total. The molecule has 30 heavy (non-hydrogen) atoms. The first-order valence-electron chi connectivity index (χ1n) is 9.20. The number of aromatic amines is 1. The number of H-pyrrole nitrogens is 1. The Kier molecular flexibility index (Phi) is 5.80. The average molecular weight is 408 g/mol. The van der Waals surface area contributed by atoms with Crippen LogP contribution in [0.1, 0.15) is 16.7 Å². The van der Waals surface area contributed by atoms with Crippen LogP contribution in [0.5, 0.6) is 5.75 Å². The van der Waals surface area contributed by atoms with E-state index < -0.39 is 0 Å². The monoisotopic (exact) mass is 408 g/mol. The van der Waals surface area contributed by atoms with E-state index in [1.54, 1.807) is 6.07 Å². The van der Waals surface area contributed by atoms with Crippen molar-refractivity contribution in [1.82, 2.24) is 9.97 Å². The highest BCUT2D eigenvalue weighted by molar-refractivity contribution is 8.03. The number of para-hydroxylation sites is 2. The largest absolute Gasteiger partial charge is 0.489 e. The molecule has 0 unspecified atom stereocenters. The SMILES string of the molecule is N#C/C(=C\c1ccc(OCc2ccccc2C#N)cc1)Sc1nc2ccccc2[nH]1. The summed E-state index contributed by atoms with van der Waals surface area (Å²) in [7, 11) is 0. The van der Waals surface area contributed by atoms with Crippen molar-refractivity contribution in [1.29, 1.82) is 10.5 Å². The summed E-state index contributed by atoms with van der Waals surface area (Å²) in [6.07, 6.45) is 1.81. The molecule has 6 heteroatoms. The third kappa shape index (κ3) is 4.52. The molecule has 0 bridgehead atoms. The van der Waals surface area contributed by atoms with E-state index in [9.17, 15) is 5.26 Å². The van der Waals surface area contributed by atoms with Gasteiger partial charge in [-0.1, -0.05) is 42.5 Å².